The van der Waals surface area contributed by atoms with Gasteiger partial charge in [-0.1, -0.05) is 57.4 Å². The van der Waals surface area contributed by atoms with Gasteiger partial charge in [0.2, 0.25) is 0 Å². The maximum Gasteiger partial charge on any atom is 0.0839 e. The van der Waals surface area contributed by atoms with E-state index in [0.717, 1.165) is 42.7 Å². The van der Waals surface area contributed by atoms with Gasteiger partial charge in [-0.15, -0.1) is 0 Å². The first-order valence-corrected chi connectivity index (χ1v) is 14.3. The molecule has 0 amide bonds. The molecule has 1 unspecified atom stereocenters. The van der Waals surface area contributed by atoms with Crippen LogP contribution in [-0.2, 0) is 0 Å². The number of unbranched alkanes of at least 4 members (excludes halogenated alkanes) is 1. The minimum atomic E-state index is -0.709. The van der Waals surface area contributed by atoms with Gasteiger partial charge >= 0.3 is 0 Å². The lowest BCUT2D eigenvalue weighted by Gasteiger charge is -2.44. The summed E-state index contributed by atoms with van der Waals surface area (Å²) in [6, 6.07) is 0. The third kappa shape index (κ3) is 6.89. The molecule has 4 nitrogen and oxygen atoms in total. The molecule has 0 saturated heterocycles. The largest absolute Gasteiger partial charge is 0.396 e. The summed E-state index contributed by atoms with van der Waals surface area (Å²) >= 11 is 0. The van der Waals surface area contributed by atoms with E-state index in [-0.39, 0.29) is 12.5 Å². The van der Waals surface area contributed by atoms with Gasteiger partial charge < -0.3 is 20.4 Å². The van der Waals surface area contributed by atoms with E-state index in [0.29, 0.717) is 36.5 Å². The van der Waals surface area contributed by atoms with Crippen LogP contribution in [0.4, 0.5) is 0 Å². The fourth-order valence-corrected chi connectivity index (χ4v) is 7.66. The summed E-state index contributed by atoms with van der Waals surface area (Å²) in [5, 5.41) is 40.7. The average molecular weight is 489 g/mol. The quantitative estimate of drug-likeness (QED) is 0.280. The second-order valence-electron chi connectivity index (χ2n) is 12.8. The molecule has 7 atom stereocenters. The first-order valence-electron chi connectivity index (χ1n) is 14.3. The average Bonchev–Trinajstić information content (AvgIpc) is 3.14. The Hall–Kier alpha value is -0.940. The van der Waals surface area contributed by atoms with Crippen molar-refractivity contribution >= 4 is 0 Å². The van der Waals surface area contributed by atoms with Crippen molar-refractivity contribution < 1.29 is 20.4 Å². The van der Waals surface area contributed by atoms with Crippen LogP contribution in [0.2, 0.25) is 0 Å². The molecule has 0 aromatic rings. The van der Waals surface area contributed by atoms with Crippen molar-refractivity contribution in [3.05, 3.63) is 35.5 Å². The zero-order valence-corrected chi connectivity index (χ0v) is 22.8. The fourth-order valence-electron chi connectivity index (χ4n) is 7.66. The van der Waals surface area contributed by atoms with E-state index < -0.39 is 17.8 Å². The zero-order chi connectivity index (χ0) is 25.8. The smallest absolute Gasteiger partial charge is 0.0839 e. The highest BCUT2D eigenvalue weighted by Gasteiger charge is 2.50. The summed E-state index contributed by atoms with van der Waals surface area (Å²) in [7, 11) is 0. The predicted octanol–water partition coefficient (Wildman–Crippen LogP) is 6.09. The summed E-state index contributed by atoms with van der Waals surface area (Å²) in [5.41, 5.74) is 3.05. The molecule has 3 fully saturated rings. The SMILES string of the molecule is C=C1/C(=C\C=C2/CCC[C@@]3(C)C2CC[C@@H]3[C@H](C)CCCC(C)(C)O)C[C@@H](O)[C@@H](CCCCO)[C@@H]1O. The van der Waals surface area contributed by atoms with Crippen LogP contribution in [-0.4, -0.2) is 44.8 Å². The maximum atomic E-state index is 10.8. The number of allylic oxidation sites excluding steroid dienone is 3. The van der Waals surface area contributed by atoms with Gasteiger partial charge in [0, 0.05) is 12.5 Å². The normalized spacial score (nSPS) is 37.1. The Kier molecular flexibility index (Phi) is 9.87. The fraction of sp³-hybridized carbons (Fsp3) is 0.806. The second kappa shape index (κ2) is 12.1. The van der Waals surface area contributed by atoms with Crippen LogP contribution in [0.5, 0.6) is 0 Å². The summed E-state index contributed by atoms with van der Waals surface area (Å²) < 4.78 is 0. The van der Waals surface area contributed by atoms with Crippen LogP contribution in [0.25, 0.3) is 0 Å². The van der Waals surface area contributed by atoms with Crippen molar-refractivity contribution in [3.63, 3.8) is 0 Å². The lowest BCUT2D eigenvalue weighted by atomic mass is 9.60. The highest BCUT2D eigenvalue weighted by Crippen LogP contribution is 2.60. The summed E-state index contributed by atoms with van der Waals surface area (Å²) in [4.78, 5) is 0. The Morgan fingerprint density at radius 2 is 1.89 bits per heavy atom. The van der Waals surface area contributed by atoms with Crippen molar-refractivity contribution in [3.8, 4) is 0 Å². The molecule has 0 radical (unpaired) electrons. The van der Waals surface area contributed by atoms with E-state index in [1.807, 2.05) is 13.8 Å². The minimum Gasteiger partial charge on any atom is -0.396 e. The molecule has 3 rings (SSSR count). The van der Waals surface area contributed by atoms with Crippen molar-refractivity contribution in [2.75, 3.05) is 6.61 Å². The molecular weight excluding hydrogens is 436 g/mol. The maximum absolute atomic E-state index is 10.8. The Morgan fingerprint density at radius 1 is 1.14 bits per heavy atom. The van der Waals surface area contributed by atoms with Gasteiger partial charge in [0.25, 0.3) is 0 Å². The molecule has 0 aliphatic heterocycles. The number of aliphatic hydroxyl groups excluding tert-OH is 3. The van der Waals surface area contributed by atoms with Crippen molar-refractivity contribution in [2.24, 2.45) is 29.1 Å². The first-order chi connectivity index (χ1) is 16.5. The van der Waals surface area contributed by atoms with Gasteiger partial charge in [0.05, 0.1) is 17.8 Å². The second-order valence-corrected chi connectivity index (χ2v) is 12.8. The highest BCUT2D eigenvalue weighted by molar-refractivity contribution is 5.39. The van der Waals surface area contributed by atoms with Crippen molar-refractivity contribution in [1.82, 2.24) is 0 Å². The van der Waals surface area contributed by atoms with Gasteiger partial charge in [-0.3, -0.25) is 0 Å². The molecule has 0 aromatic carbocycles. The topological polar surface area (TPSA) is 80.9 Å². The molecule has 0 heterocycles. The number of hydrogen-bond donors (Lipinski definition) is 4. The highest BCUT2D eigenvalue weighted by atomic mass is 16.3. The molecule has 0 spiro atoms. The van der Waals surface area contributed by atoms with Crippen molar-refractivity contribution in [1.29, 1.82) is 0 Å². The molecule has 3 saturated carbocycles. The molecular formula is C31H52O4. The first kappa shape index (κ1) is 28.6. The molecule has 200 valence electrons. The van der Waals surface area contributed by atoms with Crippen LogP contribution < -0.4 is 0 Å². The van der Waals surface area contributed by atoms with Gasteiger partial charge in [0.15, 0.2) is 0 Å². The zero-order valence-electron chi connectivity index (χ0n) is 22.8. The van der Waals surface area contributed by atoms with E-state index in [4.69, 9.17) is 5.11 Å². The number of aliphatic hydroxyl groups is 4. The number of fused-ring (bicyclic) bond motifs is 1. The Balaban J connectivity index is 1.67. The van der Waals surface area contributed by atoms with Gasteiger partial charge in [-0.25, -0.2) is 0 Å². The van der Waals surface area contributed by atoms with Crippen molar-refractivity contribution in [2.45, 2.75) is 123 Å². The molecule has 0 bridgehead atoms. The lowest BCUT2D eigenvalue weighted by molar-refractivity contribution is 0.0124. The number of hydrogen-bond acceptors (Lipinski definition) is 4. The van der Waals surface area contributed by atoms with E-state index in [9.17, 15) is 15.3 Å². The van der Waals surface area contributed by atoms with E-state index in [1.165, 1.54) is 32.1 Å². The lowest BCUT2D eigenvalue weighted by Crippen LogP contribution is -2.38. The molecule has 4 heteroatoms. The molecule has 4 N–H and O–H groups in total. The van der Waals surface area contributed by atoms with Crippen LogP contribution in [0.15, 0.2) is 35.5 Å². The third-order valence-corrected chi connectivity index (χ3v) is 9.72. The molecule has 3 aliphatic rings. The van der Waals surface area contributed by atoms with Crippen LogP contribution in [0.3, 0.4) is 0 Å². The molecule has 3 aliphatic carbocycles. The van der Waals surface area contributed by atoms with Gasteiger partial charge in [0.1, 0.15) is 0 Å². The third-order valence-electron chi connectivity index (χ3n) is 9.72. The minimum absolute atomic E-state index is 0.152. The van der Waals surface area contributed by atoms with Crippen LogP contribution in [0.1, 0.15) is 105 Å². The van der Waals surface area contributed by atoms with Crippen LogP contribution >= 0.6 is 0 Å². The van der Waals surface area contributed by atoms with E-state index in [1.54, 1.807) is 5.57 Å². The van der Waals surface area contributed by atoms with E-state index >= 15 is 0 Å². The Labute approximate surface area is 214 Å². The summed E-state index contributed by atoms with van der Waals surface area (Å²) in [5.74, 6) is 1.84. The van der Waals surface area contributed by atoms with Gasteiger partial charge in [-0.05, 0) is 106 Å². The Bertz CT molecular complexity index is 775. The Morgan fingerprint density at radius 3 is 2.57 bits per heavy atom. The van der Waals surface area contributed by atoms with Gasteiger partial charge in [-0.2, -0.15) is 0 Å². The van der Waals surface area contributed by atoms with E-state index in [2.05, 4.69) is 32.6 Å². The monoisotopic (exact) mass is 488 g/mol. The summed E-state index contributed by atoms with van der Waals surface area (Å²) in [6.07, 6.45) is 15.3. The molecule has 0 aromatic heterocycles. The predicted molar refractivity (Wildman–Crippen MR) is 144 cm³/mol. The standard InChI is InChI=1S/C31H52O4/c1-21(10-8-17-30(3,4)35)26-15-16-27-23(11-9-18-31(26,27)5)13-14-24-20-28(33)25(12-6-7-19-32)29(34)22(24)2/h13-14,21,25-29,32-35H,2,6-12,15-20H2,1,3-5H3/b23-13+,24-14-/t21-,25-,26-,27?,28-,29-,31-/m1/s1. The number of rotatable bonds is 10. The summed E-state index contributed by atoms with van der Waals surface area (Å²) in [6.45, 7) is 13.1. The molecule has 35 heavy (non-hydrogen) atoms. The van der Waals surface area contributed by atoms with Crippen LogP contribution in [0, 0.1) is 29.1 Å².